The molecule has 4 rings (SSSR count). The summed E-state index contributed by atoms with van der Waals surface area (Å²) in [7, 11) is 2.19. The summed E-state index contributed by atoms with van der Waals surface area (Å²) in [6.45, 7) is 0. The highest BCUT2D eigenvalue weighted by Gasteiger charge is 2.63. The van der Waals surface area contributed by atoms with Gasteiger partial charge in [-0.1, -0.05) is 48.0 Å². The van der Waals surface area contributed by atoms with E-state index in [1.165, 1.54) is 30.3 Å². The molecule has 0 amide bonds. The number of halogens is 1. The van der Waals surface area contributed by atoms with E-state index in [1.54, 1.807) is 12.1 Å². The number of benzene rings is 2. The van der Waals surface area contributed by atoms with Gasteiger partial charge in [0.05, 0.1) is 14.2 Å². The number of allylic oxidation sites excluding steroid dienone is 1. The van der Waals surface area contributed by atoms with Gasteiger partial charge in [0.2, 0.25) is 5.41 Å². The first-order chi connectivity index (χ1) is 13.4. The van der Waals surface area contributed by atoms with Crippen molar-refractivity contribution in [3.8, 4) is 0 Å². The van der Waals surface area contributed by atoms with Gasteiger partial charge in [0.15, 0.2) is 11.6 Å². The van der Waals surface area contributed by atoms with E-state index in [0.717, 1.165) is 14.2 Å². The maximum atomic E-state index is 13.4. The van der Waals surface area contributed by atoms with Gasteiger partial charge in [-0.15, -0.1) is 0 Å². The minimum Gasteiger partial charge on any atom is -0.468 e. The number of carbonyl (C=O) groups excluding carboxylic acids is 4. The Morgan fingerprint density at radius 3 is 2.00 bits per heavy atom. The van der Waals surface area contributed by atoms with Crippen LogP contribution < -0.4 is 0 Å². The molecule has 2 aliphatic rings. The zero-order valence-electron chi connectivity index (χ0n) is 14.9. The lowest BCUT2D eigenvalue weighted by Gasteiger charge is -2.28. The monoisotopic (exact) mass is 396 g/mol. The molecular formula is C21H13ClO6. The van der Waals surface area contributed by atoms with Crippen molar-refractivity contribution in [2.75, 3.05) is 14.2 Å². The standard InChI is InChI=1S/C21H13ClO6/c1-27-19(25)21(20(26)28-2)12-8-5-9-13(22)14(12)15-16(21)18(24)11-7-4-3-6-10(11)17(15)23/h3-9H,1-2H3. The summed E-state index contributed by atoms with van der Waals surface area (Å²) in [5.41, 5.74) is -2.02. The molecule has 0 saturated carbocycles. The molecule has 0 fully saturated rings. The SMILES string of the molecule is COC(=O)C1(C(=O)OC)C2=C(C(=O)c3ccccc3C2=O)c2c(Cl)cccc21. The van der Waals surface area contributed by atoms with Crippen LogP contribution in [0.5, 0.6) is 0 Å². The topological polar surface area (TPSA) is 86.7 Å². The molecule has 2 aromatic rings. The maximum Gasteiger partial charge on any atom is 0.332 e. The maximum absolute atomic E-state index is 13.4. The molecule has 0 atom stereocenters. The first kappa shape index (κ1) is 18.1. The number of rotatable bonds is 2. The summed E-state index contributed by atoms with van der Waals surface area (Å²) in [6, 6.07) is 10.7. The average molecular weight is 397 g/mol. The highest BCUT2D eigenvalue weighted by atomic mass is 35.5. The van der Waals surface area contributed by atoms with Gasteiger partial charge in [0.25, 0.3) is 0 Å². The first-order valence-electron chi connectivity index (χ1n) is 8.30. The molecule has 7 heteroatoms. The second kappa shape index (κ2) is 6.14. The Balaban J connectivity index is 2.20. The summed E-state index contributed by atoms with van der Waals surface area (Å²) in [6.07, 6.45) is 0. The molecule has 0 N–H and O–H groups in total. The molecule has 140 valence electrons. The third-order valence-electron chi connectivity index (χ3n) is 5.15. The van der Waals surface area contributed by atoms with E-state index < -0.39 is 28.9 Å². The largest absolute Gasteiger partial charge is 0.468 e. The summed E-state index contributed by atoms with van der Waals surface area (Å²) in [4.78, 5) is 52.6. The van der Waals surface area contributed by atoms with Crippen LogP contribution in [0.3, 0.4) is 0 Å². The zero-order valence-corrected chi connectivity index (χ0v) is 15.6. The minimum absolute atomic E-state index is 0.0694. The number of ketones is 2. The van der Waals surface area contributed by atoms with Gasteiger partial charge in [-0.2, -0.15) is 0 Å². The molecule has 0 saturated heterocycles. The Hall–Kier alpha value is -3.25. The lowest BCUT2D eigenvalue weighted by Crippen LogP contribution is -2.48. The minimum atomic E-state index is -2.22. The molecule has 0 spiro atoms. The van der Waals surface area contributed by atoms with Crippen LogP contribution in [-0.4, -0.2) is 37.7 Å². The van der Waals surface area contributed by atoms with E-state index >= 15 is 0 Å². The van der Waals surface area contributed by atoms with E-state index in [0.29, 0.717) is 0 Å². The summed E-state index contributed by atoms with van der Waals surface area (Å²) >= 11 is 6.35. The van der Waals surface area contributed by atoms with Gasteiger partial charge < -0.3 is 9.47 Å². The van der Waals surface area contributed by atoms with Crippen LogP contribution in [0.2, 0.25) is 5.02 Å². The normalized spacial score (nSPS) is 16.2. The lowest BCUT2D eigenvalue weighted by molar-refractivity contribution is -0.159. The van der Waals surface area contributed by atoms with Gasteiger partial charge in [0.1, 0.15) is 0 Å². The van der Waals surface area contributed by atoms with Crippen molar-refractivity contribution in [2.45, 2.75) is 5.41 Å². The first-order valence-corrected chi connectivity index (χ1v) is 8.68. The van der Waals surface area contributed by atoms with Crippen molar-refractivity contribution in [3.05, 3.63) is 75.3 Å². The molecule has 2 aromatic carbocycles. The number of ether oxygens (including phenoxy) is 2. The molecule has 0 bridgehead atoms. The number of Topliss-reactive ketones (excluding diaryl/α,β-unsaturated/α-hetero) is 2. The molecule has 28 heavy (non-hydrogen) atoms. The molecule has 0 heterocycles. The number of hydrogen-bond donors (Lipinski definition) is 0. The molecule has 6 nitrogen and oxygen atoms in total. The van der Waals surface area contributed by atoms with Crippen LogP contribution >= 0.6 is 11.6 Å². The van der Waals surface area contributed by atoms with Crippen molar-refractivity contribution in [1.29, 1.82) is 0 Å². The molecular weight excluding hydrogens is 384 g/mol. The summed E-state index contributed by atoms with van der Waals surface area (Å²) in [5.74, 6) is -3.15. The Morgan fingerprint density at radius 1 is 0.857 bits per heavy atom. The summed E-state index contributed by atoms with van der Waals surface area (Å²) in [5, 5.41) is 0.139. The average Bonchev–Trinajstić information content (AvgIpc) is 3.04. The molecule has 0 aromatic heterocycles. The fourth-order valence-electron chi connectivity index (χ4n) is 4.01. The Bertz CT molecular complexity index is 1110. The Labute approximate surface area is 164 Å². The number of fused-ring (bicyclic) bond motifs is 3. The van der Waals surface area contributed by atoms with E-state index in [9.17, 15) is 19.2 Å². The van der Waals surface area contributed by atoms with Gasteiger partial charge in [-0.25, -0.2) is 0 Å². The number of methoxy groups -OCH3 is 2. The predicted molar refractivity (Wildman–Crippen MR) is 99.2 cm³/mol. The lowest BCUT2D eigenvalue weighted by atomic mass is 9.72. The molecule has 0 aliphatic heterocycles. The van der Waals surface area contributed by atoms with Gasteiger partial charge in [0, 0.05) is 32.9 Å². The van der Waals surface area contributed by atoms with Crippen LogP contribution in [0.4, 0.5) is 0 Å². The van der Waals surface area contributed by atoms with Gasteiger partial charge in [-0.3, -0.25) is 19.2 Å². The van der Waals surface area contributed by atoms with Crippen molar-refractivity contribution in [2.24, 2.45) is 0 Å². The number of carbonyl (C=O) groups is 4. The van der Waals surface area contributed by atoms with Crippen molar-refractivity contribution in [3.63, 3.8) is 0 Å². The molecule has 0 unspecified atom stereocenters. The highest BCUT2D eigenvalue weighted by molar-refractivity contribution is 6.48. The van der Waals surface area contributed by atoms with Gasteiger partial charge >= 0.3 is 11.9 Å². The van der Waals surface area contributed by atoms with E-state index in [4.69, 9.17) is 21.1 Å². The third-order valence-corrected chi connectivity index (χ3v) is 5.46. The quantitative estimate of drug-likeness (QED) is 0.573. The molecule has 2 aliphatic carbocycles. The predicted octanol–water partition coefficient (Wildman–Crippen LogP) is 2.77. The van der Waals surface area contributed by atoms with Crippen LogP contribution in [0, 0.1) is 0 Å². The third kappa shape index (κ3) is 1.98. The smallest absolute Gasteiger partial charge is 0.332 e. The Kier molecular flexibility index (Phi) is 3.97. The van der Waals surface area contributed by atoms with Crippen LogP contribution in [0.15, 0.2) is 48.0 Å². The van der Waals surface area contributed by atoms with Crippen molar-refractivity contribution < 1.29 is 28.7 Å². The highest BCUT2D eigenvalue weighted by Crippen LogP contribution is 2.54. The van der Waals surface area contributed by atoms with E-state index in [-0.39, 0.29) is 38.4 Å². The fourth-order valence-corrected chi connectivity index (χ4v) is 4.28. The van der Waals surface area contributed by atoms with Crippen LogP contribution in [-0.2, 0) is 24.5 Å². The second-order valence-electron chi connectivity index (χ2n) is 6.35. The van der Waals surface area contributed by atoms with Crippen LogP contribution in [0.25, 0.3) is 5.57 Å². The second-order valence-corrected chi connectivity index (χ2v) is 6.76. The van der Waals surface area contributed by atoms with E-state index in [1.807, 2.05) is 0 Å². The fraction of sp³-hybridized carbons (Fsp3) is 0.143. The number of esters is 2. The Morgan fingerprint density at radius 2 is 1.43 bits per heavy atom. The van der Waals surface area contributed by atoms with Gasteiger partial charge in [-0.05, 0) is 11.6 Å². The van der Waals surface area contributed by atoms with E-state index in [2.05, 4.69) is 0 Å². The number of hydrogen-bond acceptors (Lipinski definition) is 6. The summed E-state index contributed by atoms with van der Waals surface area (Å²) < 4.78 is 9.79. The molecule has 0 radical (unpaired) electrons. The zero-order chi connectivity index (χ0) is 20.2. The van der Waals surface area contributed by atoms with Crippen LogP contribution in [0.1, 0.15) is 31.8 Å². The van der Waals surface area contributed by atoms with Crippen molar-refractivity contribution >= 4 is 40.7 Å². The van der Waals surface area contributed by atoms with Crippen molar-refractivity contribution in [1.82, 2.24) is 0 Å².